The van der Waals surface area contributed by atoms with Crippen LogP contribution in [-0.2, 0) is 24.9 Å². The number of allylic oxidation sites excluding steroid dienone is 2. The molecule has 4 nitrogen and oxygen atoms in total. The third kappa shape index (κ3) is 5.93. The summed E-state index contributed by atoms with van der Waals surface area (Å²) in [7, 11) is 0. The van der Waals surface area contributed by atoms with Gasteiger partial charge < -0.3 is 5.11 Å². The quantitative estimate of drug-likeness (QED) is 0.0819. The fourth-order valence-electron chi connectivity index (χ4n) is 5.17. The Morgan fingerprint density at radius 1 is 0.818 bits per heavy atom. The molecule has 1 N–H and O–H groups in total. The molecule has 1 radical (unpaired) electrons. The SMILES string of the molecule is CC(C)(C)C(=O)/C=C(\O)C(C)(C)C.[Ir].[c-]1c2ccccc2cc2c1c1nccc3[se]c4cccc(c4c31)n2-c1ccccc1. The number of ketones is 1. The van der Waals surface area contributed by atoms with Crippen molar-refractivity contribution in [3.63, 3.8) is 0 Å². The third-order valence-corrected chi connectivity index (χ3v) is 10.0. The molecule has 0 amide bonds. The molecule has 7 rings (SSSR count). The predicted octanol–water partition coefficient (Wildman–Crippen LogP) is 9.58. The average molecular weight is 823 g/mol. The van der Waals surface area contributed by atoms with E-state index >= 15 is 0 Å². The van der Waals surface area contributed by atoms with E-state index in [0.717, 1.165) is 27.5 Å². The first-order valence-electron chi connectivity index (χ1n) is 14.5. The number of aliphatic hydroxyl groups excluding tert-OH is 1. The van der Waals surface area contributed by atoms with E-state index in [2.05, 4.69) is 95.6 Å². The predicted molar refractivity (Wildman–Crippen MR) is 181 cm³/mol. The molecule has 0 saturated carbocycles. The van der Waals surface area contributed by atoms with Gasteiger partial charge in [0.15, 0.2) is 5.78 Å². The maximum atomic E-state index is 11.5. The summed E-state index contributed by atoms with van der Waals surface area (Å²) in [6.45, 7) is 11.1. The van der Waals surface area contributed by atoms with Crippen molar-refractivity contribution in [2.24, 2.45) is 10.8 Å². The molecule has 3 aromatic heterocycles. The number of nitrogens with zero attached hydrogens (tertiary/aromatic N) is 2. The number of carbonyl (C=O) groups excluding carboxylic acids is 1. The summed E-state index contributed by atoms with van der Waals surface area (Å²) in [6, 6.07) is 34.1. The number of pyridine rings is 1. The molecule has 0 bridgehead atoms. The average Bonchev–Trinajstić information content (AvgIpc) is 3.31. The molecule has 0 spiro atoms. The van der Waals surface area contributed by atoms with Crippen molar-refractivity contribution in [1.82, 2.24) is 9.55 Å². The Labute approximate surface area is 277 Å². The zero-order valence-electron chi connectivity index (χ0n) is 25.7. The van der Waals surface area contributed by atoms with Crippen LogP contribution in [0.15, 0.2) is 103 Å². The van der Waals surface area contributed by atoms with Gasteiger partial charge in [0.05, 0.1) is 0 Å². The zero-order valence-corrected chi connectivity index (χ0v) is 29.8. The molecule has 4 aromatic carbocycles. The molecule has 0 fully saturated rings. The zero-order chi connectivity index (χ0) is 30.5. The van der Waals surface area contributed by atoms with Gasteiger partial charge in [-0.05, 0) is 0 Å². The first kappa shape index (κ1) is 31.9. The van der Waals surface area contributed by atoms with E-state index in [1.807, 2.05) is 47.7 Å². The number of rotatable bonds is 2. The van der Waals surface area contributed by atoms with Crippen LogP contribution in [0.2, 0.25) is 0 Å². The van der Waals surface area contributed by atoms with Gasteiger partial charge in [0.2, 0.25) is 0 Å². The van der Waals surface area contributed by atoms with E-state index in [4.69, 9.17) is 4.98 Å². The summed E-state index contributed by atoms with van der Waals surface area (Å²) in [5.74, 6) is 0.104. The van der Waals surface area contributed by atoms with E-state index in [-0.39, 0.29) is 37.1 Å². The number of hydrogen-bond donors (Lipinski definition) is 1. The number of benzene rings is 4. The summed E-state index contributed by atoms with van der Waals surface area (Å²) in [6.07, 6.45) is 3.30. The first-order chi connectivity index (χ1) is 20.4. The van der Waals surface area contributed by atoms with Crippen LogP contribution in [0.1, 0.15) is 41.5 Å². The summed E-state index contributed by atoms with van der Waals surface area (Å²) >= 11 is 0.301. The Morgan fingerprint density at radius 3 is 2.20 bits per heavy atom. The molecule has 7 aromatic rings. The molecule has 6 heteroatoms. The van der Waals surface area contributed by atoms with Crippen molar-refractivity contribution >= 4 is 72.3 Å². The Hall–Kier alpha value is -3.53. The van der Waals surface area contributed by atoms with Crippen LogP contribution in [0.25, 0.3) is 57.7 Å². The third-order valence-electron chi connectivity index (χ3n) is 7.66. The molecule has 44 heavy (non-hydrogen) atoms. The molecule has 0 aliphatic carbocycles. The van der Waals surface area contributed by atoms with Gasteiger partial charge in [0, 0.05) is 37.0 Å². The second kappa shape index (κ2) is 12.1. The molecule has 0 aliphatic heterocycles. The van der Waals surface area contributed by atoms with Gasteiger partial charge in [-0.3, -0.25) is 4.79 Å². The van der Waals surface area contributed by atoms with Crippen molar-refractivity contribution < 1.29 is 30.0 Å². The Bertz CT molecular complexity index is 2180. The molecule has 0 atom stereocenters. The summed E-state index contributed by atoms with van der Waals surface area (Å²) in [4.78, 5) is 16.4. The standard InChI is InChI=1S/C27H15N2Se.C11H20O2.Ir/c1-2-9-19(10-3-1)29-21-11-6-12-23-25(21)26-24(30-23)13-14-28-27(26)20-15-17-7-4-5-8-18(17)16-22(20)29;1-10(2,3)8(12)7-9(13)11(4,5)6;/h1-14,16H;7,12H,1-6H3;/q-1;;/b;8-7-;. The summed E-state index contributed by atoms with van der Waals surface area (Å²) < 4.78 is 5.24. The molecule has 225 valence electrons. The molecular formula is C38H35IrN2O2Se-. The Balaban J connectivity index is 0.000000237. The van der Waals surface area contributed by atoms with Crippen LogP contribution in [0.3, 0.4) is 0 Å². The van der Waals surface area contributed by atoms with Crippen molar-refractivity contribution in [3.8, 4) is 5.69 Å². The van der Waals surface area contributed by atoms with Crippen molar-refractivity contribution in [2.75, 3.05) is 0 Å². The molecule has 0 unspecified atom stereocenters. The van der Waals surface area contributed by atoms with Gasteiger partial charge in [-0.25, -0.2) is 0 Å². The monoisotopic (exact) mass is 824 g/mol. The number of carbonyl (C=O) groups is 1. The number of aromatic nitrogens is 2. The van der Waals surface area contributed by atoms with Crippen molar-refractivity contribution in [1.29, 1.82) is 0 Å². The van der Waals surface area contributed by atoms with E-state index in [1.165, 1.54) is 36.3 Å². The van der Waals surface area contributed by atoms with Gasteiger partial charge in [0.25, 0.3) is 0 Å². The van der Waals surface area contributed by atoms with Crippen LogP contribution >= 0.6 is 0 Å². The van der Waals surface area contributed by atoms with Crippen LogP contribution < -0.4 is 0 Å². The van der Waals surface area contributed by atoms with Crippen molar-refractivity contribution in [3.05, 3.63) is 109 Å². The van der Waals surface area contributed by atoms with Crippen LogP contribution in [0, 0.1) is 16.9 Å². The summed E-state index contributed by atoms with van der Waals surface area (Å²) in [5, 5.41) is 15.6. The second-order valence-electron chi connectivity index (χ2n) is 13.0. The van der Waals surface area contributed by atoms with E-state index in [0.29, 0.717) is 14.5 Å². The molecular weight excluding hydrogens is 788 g/mol. The number of para-hydroxylation sites is 1. The van der Waals surface area contributed by atoms with Crippen LogP contribution in [0.4, 0.5) is 0 Å². The normalized spacial score (nSPS) is 12.5. The van der Waals surface area contributed by atoms with Crippen LogP contribution in [0.5, 0.6) is 0 Å². The Morgan fingerprint density at radius 2 is 1.50 bits per heavy atom. The Kier molecular flexibility index (Phi) is 8.77. The van der Waals surface area contributed by atoms with E-state index < -0.39 is 5.41 Å². The molecule has 0 saturated heterocycles. The van der Waals surface area contributed by atoms with Gasteiger partial charge in [-0.15, -0.1) is 0 Å². The van der Waals surface area contributed by atoms with Gasteiger partial charge >= 0.3 is 179 Å². The minimum atomic E-state index is -0.417. The fraction of sp³-hybridized carbons (Fsp3) is 0.211. The number of fused-ring (bicyclic) bond motifs is 3. The second-order valence-corrected chi connectivity index (χ2v) is 15.2. The molecule has 0 aliphatic rings. The van der Waals surface area contributed by atoms with Crippen LogP contribution in [-0.4, -0.2) is 34.9 Å². The van der Waals surface area contributed by atoms with Gasteiger partial charge in [-0.2, -0.15) is 0 Å². The maximum absolute atomic E-state index is 11.5. The summed E-state index contributed by atoms with van der Waals surface area (Å²) in [5.41, 5.74) is 3.82. The van der Waals surface area contributed by atoms with Gasteiger partial charge in [0.1, 0.15) is 5.76 Å². The number of hydrogen-bond acceptors (Lipinski definition) is 3. The topological polar surface area (TPSA) is 55.1 Å². The van der Waals surface area contributed by atoms with E-state index in [9.17, 15) is 9.90 Å². The minimum absolute atomic E-state index is 0. The van der Waals surface area contributed by atoms with E-state index in [1.54, 1.807) is 0 Å². The number of aliphatic hydroxyl groups is 1. The first-order valence-corrected chi connectivity index (χ1v) is 16.2. The fourth-order valence-corrected chi connectivity index (χ4v) is 7.53. The van der Waals surface area contributed by atoms with Crippen molar-refractivity contribution in [2.45, 2.75) is 41.5 Å². The molecule has 3 heterocycles. The van der Waals surface area contributed by atoms with Gasteiger partial charge in [-0.1, -0.05) is 41.5 Å².